The van der Waals surface area contributed by atoms with Gasteiger partial charge in [-0.15, -0.1) is 0 Å². The van der Waals surface area contributed by atoms with E-state index in [9.17, 15) is 9.00 Å². The summed E-state index contributed by atoms with van der Waals surface area (Å²) in [5.41, 5.74) is 0. The first kappa shape index (κ1) is 12.8. The number of hydrogen-bond donors (Lipinski definition) is 0. The molecule has 0 heterocycles. The highest BCUT2D eigenvalue weighted by molar-refractivity contribution is 7.85. The average Bonchev–Trinajstić information content (AvgIpc) is 2.10. The van der Waals surface area contributed by atoms with Crippen LogP contribution in [0.4, 0.5) is 0 Å². The minimum absolute atomic E-state index is 0.231. The zero-order valence-electron chi connectivity index (χ0n) is 8.84. The van der Waals surface area contributed by atoms with E-state index in [2.05, 4.69) is 6.92 Å². The van der Waals surface area contributed by atoms with Crippen molar-refractivity contribution in [2.75, 3.05) is 5.75 Å². The number of carbonyl (C=O) groups is 1. The lowest BCUT2D eigenvalue weighted by atomic mass is 10.2. The van der Waals surface area contributed by atoms with Crippen LogP contribution in [0, 0.1) is 0 Å². The van der Waals surface area contributed by atoms with Crippen molar-refractivity contribution in [3.05, 3.63) is 0 Å². The second-order valence-corrected chi connectivity index (χ2v) is 5.44. The van der Waals surface area contributed by atoms with Crippen LogP contribution in [0.5, 0.6) is 0 Å². The molecular weight excluding hydrogens is 184 g/mol. The topological polar surface area (TPSA) is 34.1 Å². The first-order valence-corrected chi connectivity index (χ1v) is 6.32. The molecule has 0 radical (unpaired) electrons. The van der Waals surface area contributed by atoms with Crippen molar-refractivity contribution >= 4 is 16.6 Å². The molecule has 0 spiro atoms. The summed E-state index contributed by atoms with van der Waals surface area (Å²) in [7, 11) is -0.691. The fourth-order valence-electron chi connectivity index (χ4n) is 1.01. The van der Waals surface area contributed by atoms with E-state index >= 15 is 0 Å². The van der Waals surface area contributed by atoms with Crippen LogP contribution in [0.15, 0.2) is 0 Å². The van der Waals surface area contributed by atoms with E-state index in [1.165, 1.54) is 0 Å². The molecule has 13 heavy (non-hydrogen) atoms. The minimum atomic E-state index is -0.691. The van der Waals surface area contributed by atoms with Gasteiger partial charge in [0.15, 0.2) is 0 Å². The Bertz CT molecular complexity index is 178. The molecule has 2 nitrogen and oxygen atoms in total. The lowest BCUT2D eigenvalue weighted by Crippen LogP contribution is -2.12. The largest absolute Gasteiger partial charge is 0.300 e. The average molecular weight is 204 g/mol. The van der Waals surface area contributed by atoms with E-state index in [1.807, 2.05) is 6.92 Å². The monoisotopic (exact) mass is 204 g/mol. The number of rotatable bonds is 7. The lowest BCUT2D eigenvalue weighted by Gasteiger charge is -2.07. The molecule has 0 saturated carbocycles. The molecule has 0 fully saturated rings. The molecule has 0 aromatic heterocycles. The van der Waals surface area contributed by atoms with Crippen molar-refractivity contribution in [3.8, 4) is 0 Å². The summed E-state index contributed by atoms with van der Waals surface area (Å²) >= 11 is 0. The van der Waals surface area contributed by atoms with Gasteiger partial charge in [0.25, 0.3) is 0 Å². The van der Waals surface area contributed by atoms with Gasteiger partial charge in [0.2, 0.25) is 0 Å². The molecule has 78 valence electrons. The van der Waals surface area contributed by atoms with Gasteiger partial charge >= 0.3 is 0 Å². The van der Waals surface area contributed by atoms with Crippen LogP contribution in [0.1, 0.15) is 46.5 Å². The van der Waals surface area contributed by atoms with E-state index < -0.39 is 10.8 Å². The number of hydrogen-bond acceptors (Lipinski definition) is 2. The molecule has 0 rings (SSSR count). The van der Waals surface area contributed by atoms with E-state index in [0.717, 1.165) is 25.0 Å². The van der Waals surface area contributed by atoms with Crippen molar-refractivity contribution in [3.63, 3.8) is 0 Å². The highest BCUT2D eigenvalue weighted by Crippen LogP contribution is 2.05. The number of ketones is 1. The summed E-state index contributed by atoms with van der Waals surface area (Å²) in [4.78, 5) is 10.6. The van der Waals surface area contributed by atoms with Crippen LogP contribution in [-0.4, -0.2) is 21.0 Å². The van der Waals surface area contributed by atoms with Crippen molar-refractivity contribution in [2.45, 2.75) is 51.7 Å². The minimum Gasteiger partial charge on any atom is -0.300 e. The zero-order chi connectivity index (χ0) is 10.3. The van der Waals surface area contributed by atoms with Gasteiger partial charge in [0, 0.05) is 28.2 Å². The Hall–Kier alpha value is -0.180. The Labute approximate surface area is 83.6 Å². The second-order valence-electron chi connectivity index (χ2n) is 3.46. The van der Waals surface area contributed by atoms with Gasteiger partial charge in [0.05, 0.1) is 0 Å². The molecule has 0 bridgehead atoms. The maximum absolute atomic E-state index is 11.4. The first-order chi connectivity index (χ1) is 6.07. The predicted molar refractivity (Wildman–Crippen MR) is 57.3 cm³/mol. The van der Waals surface area contributed by atoms with Gasteiger partial charge in [-0.3, -0.25) is 4.21 Å². The van der Waals surface area contributed by atoms with E-state index in [0.29, 0.717) is 11.7 Å². The standard InChI is InChI=1S/C10H20O2S/c1-4-10(3)13(12)8-6-5-7-9(2)11/h10H,4-8H2,1-3H3. The van der Waals surface area contributed by atoms with Crippen molar-refractivity contribution in [1.82, 2.24) is 0 Å². The molecule has 2 atom stereocenters. The SMILES string of the molecule is CCC(C)S(=O)CCCCC(C)=O. The fraction of sp³-hybridized carbons (Fsp3) is 0.900. The normalized spacial score (nSPS) is 15.3. The Kier molecular flexibility index (Phi) is 7.14. The second kappa shape index (κ2) is 7.25. The van der Waals surface area contributed by atoms with Crippen molar-refractivity contribution < 1.29 is 9.00 Å². The Morgan fingerprint density at radius 2 is 2.00 bits per heavy atom. The third-order valence-corrected chi connectivity index (χ3v) is 4.07. The highest BCUT2D eigenvalue weighted by atomic mass is 32.2. The van der Waals surface area contributed by atoms with Crippen LogP contribution >= 0.6 is 0 Å². The van der Waals surface area contributed by atoms with Gasteiger partial charge in [-0.05, 0) is 26.2 Å². The molecule has 0 amide bonds. The molecule has 0 aromatic rings. The van der Waals surface area contributed by atoms with E-state index in [4.69, 9.17) is 0 Å². The molecule has 0 aliphatic carbocycles. The number of carbonyl (C=O) groups excluding carboxylic acids is 1. The molecule has 2 unspecified atom stereocenters. The van der Waals surface area contributed by atoms with Crippen molar-refractivity contribution in [2.24, 2.45) is 0 Å². The predicted octanol–water partition coefficient (Wildman–Crippen LogP) is 2.29. The summed E-state index contributed by atoms with van der Waals surface area (Å²) in [5.74, 6) is 0.983. The highest BCUT2D eigenvalue weighted by Gasteiger charge is 2.07. The van der Waals surface area contributed by atoms with Gasteiger partial charge in [0.1, 0.15) is 5.78 Å². The smallest absolute Gasteiger partial charge is 0.129 e. The summed E-state index contributed by atoms with van der Waals surface area (Å²) < 4.78 is 11.4. The van der Waals surface area contributed by atoms with Crippen molar-refractivity contribution in [1.29, 1.82) is 0 Å². The number of unbranched alkanes of at least 4 members (excludes halogenated alkanes) is 1. The van der Waals surface area contributed by atoms with Gasteiger partial charge in [-0.1, -0.05) is 13.8 Å². The zero-order valence-corrected chi connectivity index (χ0v) is 9.65. The Morgan fingerprint density at radius 3 is 2.46 bits per heavy atom. The van der Waals surface area contributed by atoms with Gasteiger partial charge < -0.3 is 4.79 Å². The maximum atomic E-state index is 11.4. The van der Waals surface area contributed by atoms with Crippen LogP contribution < -0.4 is 0 Å². The summed E-state index contributed by atoms with van der Waals surface area (Å²) in [6, 6.07) is 0. The van der Waals surface area contributed by atoms with E-state index in [1.54, 1.807) is 6.92 Å². The molecular formula is C10H20O2S. The van der Waals surface area contributed by atoms with Crippen LogP contribution in [-0.2, 0) is 15.6 Å². The number of Topliss-reactive ketones (excluding diaryl/α,β-unsaturated/α-hetero) is 1. The molecule has 0 aliphatic rings. The molecule has 0 aliphatic heterocycles. The van der Waals surface area contributed by atoms with Gasteiger partial charge in [-0.2, -0.15) is 0 Å². The first-order valence-electron chi connectivity index (χ1n) is 4.94. The third-order valence-electron chi connectivity index (χ3n) is 2.15. The van der Waals surface area contributed by atoms with Crippen LogP contribution in [0.3, 0.4) is 0 Å². The molecule has 0 saturated heterocycles. The summed E-state index contributed by atoms with van der Waals surface area (Å²) in [5, 5.41) is 0.303. The fourth-order valence-corrected chi connectivity index (χ4v) is 2.27. The van der Waals surface area contributed by atoms with Crippen LogP contribution in [0.25, 0.3) is 0 Å². The summed E-state index contributed by atoms with van der Waals surface area (Å²) in [6.07, 6.45) is 3.41. The Balaban J connectivity index is 3.42. The Morgan fingerprint density at radius 1 is 1.38 bits per heavy atom. The summed E-state index contributed by atoms with van der Waals surface area (Å²) in [6.45, 7) is 5.67. The molecule has 3 heteroatoms. The van der Waals surface area contributed by atoms with Gasteiger partial charge in [-0.25, -0.2) is 0 Å². The van der Waals surface area contributed by atoms with Crippen LogP contribution in [0.2, 0.25) is 0 Å². The molecule has 0 N–H and O–H groups in total. The third kappa shape index (κ3) is 6.94. The maximum Gasteiger partial charge on any atom is 0.129 e. The van der Waals surface area contributed by atoms with E-state index in [-0.39, 0.29) is 5.78 Å². The molecule has 0 aromatic carbocycles. The quantitative estimate of drug-likeness (QED) is 0.596. The lowest BCUT2D eigenvalue weighted by molar-refractivity contribution is -0.117.